The number of hydrogen-bond acceptors (Lipinski definition) is 0. The Morgan fingerprint density at radius 2 is 0.787 bits per heavy atom. The van der Waals surface area contributed by atoms with Crippen LogP contribution >= 0.6 is 0 Å². The Morgan fingerprint density at radius 1 is 0.312 bits per heavy atom. The Kier molecular flexibility index (Phi) is 9.52. The molecule has 3 aliphatic heterocycles. The van der Waals surface area contributed by atoms with Gasteiger partial charge in [-0.05, 0) is 174 Å². The summed E-state index contributed by atoms with van der Waals surface area (Å²) in [5.41, 5.74) is 30.2. The lowest BCUT2D eigenvalue weighted by atomic mass is 9.33. The first-order valence-corrected chi connectivity index (χ1v) is 29.8. The zero-order valence-electron chi connectivity index (χ0n) is 50.8. The van der Waals surface area contributed by atoms with E-state index in [4.69, 9.17) is 0 Å². The standard InChI is InChI=1S/C77H77BN2/c1-71(2,3)42-30-31-64-52(32-42)53-35-45(74(10,11)12)39-62-67(53)79(64)69-56(47-26-23-27-50-51(47)33-43(72(4,5)6)37-59(50)76(16,17)18)41-61-70-65(69)78(62)63-40-46(75(13,14)15)36-55-54-34-44(73(7,8)9)38-60(66(54)80(70)68(55)63)77(61)57-28-21-19-24-48(57)49-25-20-22-29-58(49)77/h19-41H,1-18H3. The normalized spacial score (nSPS) is 15.2. The summed E-state index contributed by atoms with van der Waals surface area (Å²) < 4.78 is 5.62. The summed E-state index contributed by atoms with van der Waals surface area (Å²) in [6.07, 6.45) is 0. The van der Waals surface area contributed by atoms with Gasteiger partial charge in [-0.3, -0.25) is 0 Å². The minimum absolute atomic E-state index is 0.0321. The van der Waals surface area contributed by atoms with Crippen molar-refractivity contribution in [3.8, 4) is 33.6 Å². The van der Waals surface area contributed by atoms with Crippen molar-refractivity contribution in [2.24, 2.45) is 0 Å². The van der Waals surface area contributed by atoms with Crippen molar-refractivity contribution >= 4 is 77.5 Å². The molecule has 5 heterocycles. The van der Waals surface area contributed by atoms with E-state index in [0.717, 1.165) is 0 Å². The largest absolute Gasteiger partial charge is 0.310 e. The maximum Gasteiger partial charge on any atom is 0.252 e. The summed E-state index contributed by atoms with van der Waals surface area (Å²) in [5.74, 6) is 0. The fourth-order valence-electron chi connectivity index (χ4n) is 15.5. The van der Waals surface area contributed by atoms with E-state index in [1.54, 1.807) is 0 Å². The van der Waals surface area contributed by atoms with Gasteiger partial charge in [0, 0.05) is 43.8 Å². The SMILES string of the molecule is CC(C)(C)c1cc(C(C)(C)C)c2cccc(-c3cc4c5c6c3-n3c7ccc(C(C)(C)C)cc7c7cc(C(C)(C)C)cc(c73)B6c3cc(C(C)(C)C)cc6c7cc(C(C)(C)C)cc(c7n-5c36)C43c4ccccc4-c4ccccc43)c2c1. The first-order valence-electron chi connectivity index (χ1n) is 29.8. The molecule has 9 aromatic carbocycles. The molecule has 0 atom stereocenters. The van der Waals surface area contributed by atoms with E-state index >= 15 is 0 Å². The van der Waals surface area contributed by atoms with Crippen molar-refractivity contribution in [3.05, 3.63) is 195 Å². The van der Waals surface area contributed by atoms with Gasteiger partial charge in [-0.15, -0.1) is 0 Å². The molecule has 3 heteroatoms. The highest BCUT2D eigenvalue weighted by atomic mass is 15.1. The van der Waals surface area contributed by atoms with Crippen LogP contribution in [0.1, 0.15) is 180 Å². The van der Waals surface area contributed by atoms with E-state index in [1.807, 2.05) is 0 Å². The molecule has 4 aliphatic rings. The molecule has 0 amide bonds. The lowest BCUT2D eigenvalue weighted by Gasteiger charge is -2.45. The van der Waals surface area contributed by atoms with Crippen LogP contribution in [0.4, 0.5) is 0 Å². The minimum Gasteiger partial charge on any atom is -0.310 e. The van der Waals surface area contributed by atoms with Crippen molar-refractivity contribution in [2.45, 2.75) is 163 Å². The summed E-state index contributed by atoms with van der Waals surface area (Å²) in [6.45, 7) is 43.2. The first kappa shape index (κ1) is 49.9. The molecule has 80 heavy (non-hydrogen) atoms. The summed E-state index contributed by atoms with van der Waals surface area (Å²) in [7, 11) is 0. The molecular weight excluding hydrogens is 964 g/mol. The van der Waals surface area contributed by atoms with Crippen LogP contribution in [-0.4, -0.2) is 15.8 Å². The van der Waals surface area contributed by atoms with Gasteiger partial charge in [-0.2, -0.15) is 0 Å². The van der Waals surface area contributed by atoms with Gasteiger partial charge in [0.05, 0.1) is 22.1 Å². The van der Waals surface area contributed by atoms with E-state index < -0.39 is 5.41 Å². The van der Waals surface area contributed by atoms with Crippen molar-refractivity contribution in [1.82, 2.24) is 9.13 Å². The molecule has 1 spiro atoms. The second-order valence-corrected chi connectivity index (χ2v) is 31.0. The van der Waals surface area contributed by atoms with E-state index in [9.17, 15) is 0 Å². The quantitative estimate of drug-likeness (QED) is 0.145. The Bertz CT molecular complexity index is 4590. The third kappa shape index (κ3) is 6.33. The van der Waals surface area contributed by atoms with Crippen LogP contribution in [0.25, 0.3) is 88.0 Å². The minimum atomic E-state index is -0.647. The number of rotatable bonds is 1. The predicted molar refractivity (Wildman–Crippen MR) is 346 cm³/mol. The smallest absolute Gasteiger partial charge is 0.252 e. The summed E-state index contributed by atoms with van der Waals surface area (Å²) in [5, 5.41) is 8.09. The predicted octanol–water partition coefficient (Wildman–Crippen LogP) is 18.3. The van der Waals surface area contributed by atoms with Gasteiger partial charge in [0.2, 0.25) is 0 Å². The second-order valence-electron chi connectivity index (χ2n) is 31.0. The molecule has 11 aromatic rings. The van der Waals surface area contributed by atoms with Gasteiger partial charge < -0.3 is 9.13 Å². The van der Waals surface area contributed by atoms with E-state index in [0.29, 0.717) is 0 Å². The van der Waals surface area contributed by atoms with Gasteiger partial charge in [0.15, 0.2) is 0 Å². The molecule has 0 unspecified atom stereocenters. The van der Waals surface area contributed by atoms with Crippen LogP contribution in [-0.2, 0) is 37.9 Å². The molecule has 15 rings (SSSR count). The number of benzene rings is 9. The van der Waals surface area contributed by atoms with Gasteiger partial charge in [-0.1, -0.05) is 222 Å². The average molecular weight is 1040 g/mol. The molecule has 0 saturated carbocycles. The molecule has 1 aliphatic carbocycles. The van der Waals surface area contributed by atoms with Crippen LogP contribution < -0.4 is 16.4 Å². The molecule has 0 fully saturated rings. The Labute approximate surface area is 475 Å². The number of aromatic nitrogens is 2. The zero-order valence-corrected chi connectivity index (χ0v) is 50.8. The van der Waals surface area contributed by atoms with Gasteiger partial charge in [0.25, 0.3) is 6.71 Å². The van der Waals surface area contributed by atoms with Crippen molar-refractivity contribution in [2.75, 3.05) is 0 Å². The molecular formula is C77H77BN2. The summed E-state index contributed by atoms with van der Waals surface area (Å²) in [6, 6.07) is 57.3. The fraction of sp³-hybridized carbons (Fsp3) is 0.325. The highest BCUT2D eigenvalue weighted by Crippen LogP contribution is 2.63. The van der Waals surface area contributed by atoms with Crippen LogP contribution in [0, 0.1) is 0 Å². The summed E-state index contributed by atoms with van der Waals surface area (Å²) in [4.78, 5) is 0. The number of fused-ring (bicyclic) bond motifs is 15. The van der Waals surface area contributed by atoms with Crippen LogP contribution in [0.3, 0.4) is 0 Å². The lowest BCUT2D eigenvalue weighted by molar-refractivity contribution is 0.573. The van der Waals surface area contributed by atoms with Gasteiger partial charge in [-0.25, -0.2) is 0 Å². The topological polar surface area (TPSA) is 9.86 Å². The van der Waals surface area contributed by atoms with E-state index in [2.05, 4.69) is 273 Å². The van der Waals surface area contributed by atoms with Crippen molar-refractivity contribution < 1.29 is 0 Å². The molecule has 0 bridgehead atoms. The maximum atomic E-state index is 2.83. The second kappa shape index (κ2) is 15.3. The third-order valence-corrected chi connectivity index (χ3v) is 19.7. The maximum absolute atomic E-state index is 2.83. The molecule has 398 valence electrons. The Hall–Kier alpha value is -7.10. The van der Waals surface area contributed by atoms with Crippen molar-refractivity contribution in [1.29, 1.82) is 0 Å². The Balaban J connectivity index is 1.27. The zero-order chi connectivity index (χ0) is 56.2. The molecule has 0 radical (unpaired) electrons. The lowest BCUT2D eigenvalue weighted by Crippen LogP contribution is -2.61. The monoisotopic (exact) mass is 1040 g/mol. The average Bonchev–Trinajstić information content (AvgIpc) is 3.98. The van der Waals surface area contributed by atoms with Crippen LogP contribution in [0.5, 0.6) is 0 Å². The molecule has 0 N–H and O–H groups in total. The van der Waals surface area contributed by atoms with Crippen LogP contribution in [0.2, 0.25) is 0 Å². The summed E-state index contributed by atoms with van der Waals surface area (Å²) >= 11 is 0. The first-order chi connectivity index (χ1) is 37.5. The number of nitrogens with zero attached hydrogens (tertiary/aromatic N) is 2. The van der Waals surface area contributed by atoms with Crippen molar-refractivity contribution in [3.63, 3.8) is 0 Å². The molecule has 2 nitrogen and oxygen atoms in total. The Morgan fingerprint density at radius 3 is 1.35 bits per heavy atom. The highest BCUT2D eigenvalue weighted by molar-refractivity contribution is 7.00. The van der Waals surface area contributed by atoms with Crippen LogP contribution in [0.15, 0.2) is 140 Å². The fourth-order valence-corrected chi connectivity index (χ4v) is 15.5. The third-order valence-electron chi connectivity index (χ3n) is 19.7. The highest BCUT2D eigenvalue weighted by Gasteiger charge is 2.55. The van der Waals surface area contributed by atoms with Gasteiger partial charge >= 0.3 is 0 Å². The van der Waals surface area contributed by atoms with Gasteiger partial charge in [0.1, 0.15) is 0 Å². The number of hydrogen-bond donors (Lipinski definition) is 0. The van der Waals surface area contributed by atoms with E-state index in [-0.39, 0.29) is 39.2 Å². The molecule has 2 aromatic heterocycles. The van der Waals surface area contributed by atoms with E-state index in [1.165, 1.54) is 160 Å². The molecule has 0 saturated heterocycles.